The Morgan fingerprint density at radius 3 is 3.07 bits per heavy atom. The summed E-state index contributed by atoms with van der Waals surface area (Å²) in [7, 11) is 0. The van der Waals surface area contributed by atoms with Crippen molar-refractivity contribution in [1.82, 2.24) is 0 Å². The third-order valence-corrected chi connectivity index (χ3v) is 3.44. The zero-order valence-corrected chi connectivity index (χ0v) is 9.49. The maximum atomic E-state index is 5.86. The van der Waals surface area contributed by atoms with Crippen molar-refractivity contribution in [3.05, 3.63) is 17.5 Å². The summed E-state index contributed by atoms with van der Waals surface area (Å²) in [6, 6.07) is 3.86. The third kappa shape index (κ3) is 1.44. The number of rotatable bonds is 2. The fourth-order valence-corrected chi connectivity index (χ4v) is 2.65. The normalized spacial score (nSPS) is 10.7. The van der Waals surface area contributed by atoms with Crippen LogP contribution in [-0.4, -0.2) is 6.61 Å². The molecule has 4 heteroatoms. The summed E-state index contributed by atoms with van der Waals surface area (Å²) in [6.45, 7) is 2.58. The van der Waals surface area contributed by atoms with Crippen LogP contribution in [0.25, 0.3) is 10.1 Å². The van der Waals surface area contributed by atoms with E-state index in [1.165, 1.54) is 0 Å². The number of fused-ring (bicyclic) bond motifs is 1. The molecule has 0 aliphatic carbocycles. The van der Waals surface area contributed by atoms with E-state index in [9.17, 15) is 0 Å². The van der Waals surface area contributed by atoms with Crippen molar-refractivity contribution in [2.24, 2.45) is 0 Å². The van der Waals surface area contributed by atoms with E-state index in [-0.39, 0.29) is 0 Å². The average Bonchev–Trinajstić information content (AvgIpc) is 2.60. The van der Waals surface area contributed by atoms with E-state index in [4.69, 9.17) is 10.5 Å². The molecule has 2 N–H and O–H groups in total. The molecule has 14 heavy (non-hydrogen) atoms. The van der Waals surface area contributed by atoms with Crippen molar-refractivity contribution in [3.8, 4) is 5.75 Å². The summed E-state index contributed by atoms with van der Waals surface area (Å²) in [5.41, 5.74) is 6.52. The minimum absolute atomic E-state index is 0.626. The summed E-state index contributed by atoms with van der Waals surface area (Å²) < 4.78 is 6.64. The Morgan fingerprint density at radius 1 is 1.57 bits per heavy atom. The summed E-state index contributed by atoms with van der Waals surface area (Å²) in [5.74, 6) is 0.779. The Labute approximate surface area is 92.1 Å². The highest BCUT2D eigenvalue weighted by Crippen LogP contribution is 2.39. The number of nitrogen functional groups attached to an aromatic ring is 1. The van der Waals surface area contributed by atoms with Crippen molar-refractivity contribution in [3.63, 3.8) is 0 Å². The Morgan fingerprint density at radius 2 is 2.36 bits per heavy atom. The molecular formula is C10H11NOS2. The number of nitrogens with two attached hydrogens (primary N) is 1. The van der Waals surface area contributed by atoms with Gasteiger partial charge in [0.15, 0.2) is 5.75 Å². The van der Waals surface area contributed by atoms with Crippen LogP contribution in [-0.2, 0) is 0 Å². The van der Waals surface area contributed by atoms with Gasteiger partial charge in [0, 0.05) is 10.3 Å². The maximum absolute atomic E-state index is 5.86. The summed E-state index contributed by atoms with van der Waals surface area (Å²) in [4.78, 5) is 0.913. The molecule has 0 atom stereocenters. The van der Waals surface area contributed by atoms with Crippen molar-refractivity contribution in [1.29, 1.82) is 0 Å². The summed E-state index contributed by atoms with van der Waals surface area (Å²) in [5, 5.41) is 3.08. The molecule has 0 amide bonds. The first-order chi connectivity index (χ1) is 6.74. The number of thiol groups is 1. The average molecular weight is 225 g/mol. The lowest BCUT2D eigenvalue weighted by molar-refractivity contribution is 0.346. The van der Waals surface area contributed by atoms with Crippen LogP contribution in [0.3, 0.4) is 0 Å². The third-order valence-electron chi connectivity index (χ3n) is 1.99. The van der Waals surface area contributed by atoms with Crippen LogP contribution in [0.15, 0.2) is 22.4 Å². The second-order valence-electron chi connectivity index (χ2n) is 2.91. The molecular weight excluding hydrogens is 214 g/mol. The maximum Gasteiger partial charge on any atom is 0.150 e. The number of thiophene rings is 1. The number of hydrogen-bond acceptors (Lipinski definition) is 4. The molecule has 0 unspecified atom stereocenters. The van der Waals surface area contributed by atoms with Gasteiger partial charge in [-0.2, -0.15) is 0 Å². The van der Waals surface area contributed by atoms with Gasteiger partial charge in [-0.15, -0.1) is 24.0 Å². The Bertz CT molecular complexity index is 464. The van der Waals surface area contributed by atoms with E-state index in [0.717, 1.165) is 20.7 Å². The first kappa shape index (κ1) is 9.68. The minimum Gasteiger partial charge on any atom is -0.491 e. The van der Waals surface area contributed by atoms with Crippen molar-refractivity contribution in [2.75, 3.05) is 12.3 Å². The molecule has 74 valence electrons. The van der Waals surface area contributed by atoms with Crippen LogP contribution in [0.5, 0.6) is 5.75 Å². The quantitative estimate of drug-likeness (QED) is 0.608. The van der Waals surface area contributed by atoms with E-state index < -0.39 is 0 Å². The van der Waals surface area contributed by atoms with Gasteiger partial charge >= 0.3 is 0 Å². The molecule has 0 spiro atoms. The van der Waals surface area contributed by atoms with Gasteiger partial charge < -0.3 is 10.5 Å². The Hall–Kier alpha value is -0.870. The molecule has 0 aliphatic heterocycles. The predicted molar refractivity (Wildman–Crippen MR) is 64.7 cm³/mol. The molecule has 2 aromatic rings. The summed E-state index contributed by atoms with van der Waals surface area (Å²) in [6.07, 6.45) is 0. The zero-order chi connectivity index (χ0) is 10.1. The van der Waals surface area contributed by atoms with Crippen LogP contribution in [0, 0.1) is 0 Å². The standard InChI is InChI=1S/C10H11NOS2/c1-2-12-9-6-3-4-14-10(6)8(13)5-7(9)11/h3-5,13H,2,11H2,1H3. The van der Waals surface area contributed by atoms with Gasteiger partial charge in [-0.25, -0.2) is 0 Å². The van der Waals surface area contributed by atoms with Crippen molar-refractivity contribution < 1.29 is 4.74 Å². The zero-order valence-electron chi connectivity index (χ0n) is 7.78. The Balaban J connectivity index is 2.73. The molecule has 0 bridgehead atoms. The highest BCUT2D eigenvalue weighted by atomic mass is 32.1. The van der Waals surface area contributed by atoms with E-state index in [1.54, 1.807) is 11.3 Å². The largest absolute Gasteiger partial charge is 0.491 e. The number of benzene rings is 1. The van der Waals surface area contributed by atoms with Crippen LogP contribution in [0.4, 0.5) is 5.69 Å². The van der Waals surface area contributed by atoms with E-state index in [1.807, 2.05) is 24.4 Å². The number of hydrogen-bond donors (Lipinski definition) is 2. The van der Waals surface area contributed by atoms with E-state index in [2.05, 4.69) is 12.6 Å². The van der Waals surface area contributed by atoms with Crippen LogP contribution < -0.4 is 10.5 Å². The fourth-order valence-electron chi connectivity index (χ4n) is 1.43. The van der Waals surface area contributed by atoms with E-state index >= 15 is 0 Å². The highest BCUT2D eigenvalue weighted by molar-refractivity contribution is 7.80. The smallest absolute Gasteiger partial charge is 0.150 e. The molecule has 0 saturated heterocycles. The number of anilines is 1. The van der Waals surface area contributed by atoms with Crippen LogP contribution >= 0.6 is 24.0 Å². The van der Waals surface area contributed by atoms with E-state index in [0.29, 0.717) is 12.3 Å². The Kier molecular flexibility index (Phi) is 2.56. The van der Waals surface area contributed by atoms with Crippen molar-refractivity contribution in [2.45, 2.75) is 11.8 Å². The van der Waals surface area contributed by atoms with Gasteiger partial charge in [0.25, 0.3) is 0 Å². The van der Waals surface area contributed by atoms with Gasteiger partial charge in [0.05, 0.1) is 17.0 Å². The second-order valence-corrected chi connectivity index (χ2v) is 4.31. The van der Waals surface area contributed by atoms with Crippen LogP contribution in [0.1, 0.15) is 6.92 Å². The lowest BCUT2D eigenvalue weighted by atomic mass is 10.2. The highest BCUT2D eigenvalue weighted by Gasteiger charge is 2.10. The minimum atomic E-state index is 0.626. The molecule has 1 aromatic carbocycles. The topological polar surface area (TPSA) is 35.2 Å². The first-order valence-electron chi connectivity index (χ1n) is 4.35. The monoisotopic (exact) mass is 225 g/mol. The number of ether oxygens (including phenoxy) is 1. The molecule has 0 radical (unpaired) electrons. The second kappa shape index (κ2) is 3.71. The van der Waals surface area contributed by atoms with Gasteiger partial charge in [-0.1, -0.05) is 0 Å². The lowest BCUT2D eigenvalue weighted by Gasteiger charge is -2.09. The molecule has 2 nitrogen and oxygen atoms in total. The molecule has 2 rings (SSSR count). The summed E-state index contributed by atoms with van der Waals surface area (Å²) >= 11 is 6.03. The van der Waals surface area contributed by atoms with Gasteiger partial charge in [-0.3, -0.25) is 0 Å². The molecule has 0 aliphatic rings. The van der Waals surface area contributed by atoms with Crippen molar-refractivity contribution >= 4 is 39.7 Å². The molecule has 0 saturated carbocycles. The molecule has 1 aromatic heterocycles. The molecule has 0 fully saturated rings. The van der Waals surface area contributed by atoms with Gasteiger partial charge in [0.2, 0.25) is 0 Å². The fraction of sp³-hybridized carbons (Fsp3) is 0.200. The molecule has 1 heterocycles. The SMILES string of the molecule is CCOc1c(N)cc(S)c2sccc12. The lowest BCUT2D eigenvalue weighted by Crippen LogP contribution is -1.97. The predicted octanol–water partition coefficient (Wildman–Crippen LogP) is 3.17. The van der Waals surface area contributed by atoms with Crippen LogP contribution in [0.2, 0.25) is 0 Å². The first-order valence-corrected chi connectivity index (χ1v) is 5.68. The van der Waals surface area contributed by atoms with Gasteiger partial charge in [0.1, 0.15) is 0 Å². The van der Waals surface area contributed by atoms with Gasteiger partial charge in [-0.05, 0) is 24.4 Å².